The van der Waals surface area contributed by atoms with E-state index in [-0.39, 0.29) is 12.0 Å². The predicted octanol–water partition coefficient (Wildman–Crippen LogP) is 4.03. The molecule has 1 aromatic carbocycles. The predicted molar refractivity (Wildman–Crippen MR) is 89.9 cm³/mol. The van der Waals surface area contributed by atoms with Gasteiger partial charge in [0.05, 0.1) is 5.54 Å². The summed E-state index contributed by atoms with van der Waals surface area (Å²) < 4.78 is 0. The molecular formula is C19H21NO2. The number of allylic oxidation sites excluding steroid dienone is 3. The summed E-state index contributed by atoms with van der Waals surface area (Å²) >= 11 is 0. The van der Waals surface area contributed by atoms with Crippen LogP contribution in [0.15, 0.2) is 53.6 Å². The second kappa shape index (κ2) is 5.16. The van der Waals surface area contributed by atoms with E-state index in [1.54, 1.807) is 0 Å². The molecule has 3 heteroatoms. The number of hydrogen-bond donors (Lipinski definition) is 1. The standard InChI is InChI=1S/C19H21NO2/c1-13-15-6-4-5-7-17(15)20(3)19(2)11-10-14(12-16(13)19)8-9-18(21)22/h4-7,10-12H,8-9H2,1-3H3,(H,21,22). The topological polar surface area (TPSA) is 40.5 Å². The number of carboxylic acids is 1. The summed E-state index contributed by atoms with van der Waals surface area (Å²) in [7, 11) is 2.12. The summed E-state index contributed by atoms with van der Waals surface area (Å²) in [4.78, 5) is 13.1. The van der Waals surface area contributed by atoms with Crippen molar-refractivity contribution in [3.63, 3.8) is 0 Å². The Morgan fingerprint density at radius 1 is 1.32 bits per heavy atom. The SMILES string of the molecule is CC1=C2C=C(CCC(=O)O)C=CC2(C)N(C)c2ccccc21. The van der Waals surface area contributed by atoms with Gasteiger partial charge in [0.25, 0.3) is 0 Å². The maximum absolute atomic E-state index is 10.8. The first-order valence-electron chi connectivity index (χ1n) is 7.59. The van der Waals surface area contributed by atoms with Gasteiger partial charge in [-0.1, -0.05) is 36.4 Å². The maximum Gasteiger partial charge on any atom is 0.303 e. The summed E-state index contributed by atoms with van der Waals surface area (Å²) in [6.45, 7) is 4.37. The first kappa shape index (κ1) is 14.6. The smallest absolute Gasteiger partial charge is 0.303 e. The zero-order chi connectivity index (χ0) is 15.9. The van der Waals surface area contributed by atoms with E-state index in [1.165, 1.54) is 22.4 Å². The molecule has 1 aliphatic heterocycles. The molecule has 0 radical (unpaired) electrons. The minimum Gasteiger partial charge on any atom is -0.481 e. The second-order valence-corrected chi connectivity index (χ2v) is 6.21. The molecule has 0 saturated heterocycles. The summed E-state index contributed by atoms with van der Waals surface area (Å²) in [5.41, 5.74) is 5.93. The Morgan fingerprint density at radius 3 is 2.77 bits per heavy atom. The van der Waals surface area contributed by atoms with Crippen LogP contribution in [-0.4, -0.2) is 23.7 Å². The van der Waals surface area contributed by atoms with Gasteiger partial charge >= 0.3 is 5.97 Å². The molecule has 0 fully saturated rings. The Labute approximate surface area is 131 Å². The number of aliphatic carboxylic acids is 1. The first-order valence-corrected chi connectivity index (χ1v) is 7.59. The van der Waals surface area contributed by atoms with E-state index < -0.39 is 5.97 Å². The number of benzene rings is 1. The molecule has 0 aromatic heterocycles. The summed E-state index contributed by atoms with van der Waals surface area (Å²) in [6, 6.07) is 8.43. The van der Waals surface area contributed by atoms with Crippen molar-refractivity contribution in [1.29, 1.82) is 0 Å². The molecule has 1 atom stereocenters. The van der Waals surface area contributed by atoms with E-state index in [1.807, 2.05) is 0 Å². The fraction of sp³-hybridized carbons (Fsp3) is 0.316. The molecule has 0 spiro atoms. The van der Waals surface area contributed by atoms with Gasteiger partial charge < -0.3 is 10.0 Å². The highest BCUT2D eigenvalue weighted by atomic mass is 16.4. The molecule has 0 saturated carbocycles. The average Bonchev–Trinajstić information content (AvgIpc) is 2.51. The Balaban J connectivity index is 2.08. The molecule has 1 heterocycles. The minimum atomic E-state index is -0.751. The molecule has 0 amide bonds. The third-order valence-corrected chi connectivity index (χ3v) is 4.89. The first-order chi connectivity index (χ1) is 10.4. The number of carbonyl (C=O) groups is 1. The van der Waals surface area contributed by atoms with Gasteiger partial charge in [-0.2, -0.15) is 0 Å². The van der Waals surface area contributed by atoms with Crippen LogP contribution in [0.2, 0.25) is 0 Å². The number of hydrogen-bond acceptors (Lipinski definition) is 2. The average molecular weight is 295 g/mol. The lowest BCUT2D eigenvalue weighted by Crippen LogP contribution is -2.47. The summed E-state index contributed by atoms with van der Waals surface area (Å²) in [5.74, 6) is -0.751. The van der Waals surface area contributed by atoms with E-state index in [0.717, 1.165) is 5.57 Å². The van der Waals surface area contributed by atoms with Crippen molar-refractivity contribution >= 4 is 17.2 Å². The van der Waals surface area contributed by atoms with Gasteiger partial charge in [0.1, 0.15) is 0 Å². The highest BCUT2D eigenvalue weighted by molar-refractivity contribution is 5.87. The molecule has 1 unspecified atom stereocenters. The van der Waals surface area contributed by atoms with E-state index in [0.29, 0.717) is 6.42 Å². The van der Waals surface area contributed by atoms with Crippen molar-refractivity contribution in [2.45, 2.75) is 32.2 Å². The lowest BCUT2D eigenvalue weighted by molar-refractivity contribution is -0.136. The fourth-order valence-electron chi connectivity index (χ4n) is 3.40. The van der Waals surface area contributed by atoms with Gasteiger partial charge in [-0.05, 0) is 43.1 Å². The van der Waals surface area contributed by atoms with Crippen LogP contribution in [0.1, 0.15) is 32.3 Å². The van der Waals surface area contributed by atoms with E-state index in [9.17, 15) is 4.79 Å². The van der Waals surface area contributed by atoms with Crippen molar-refractivity contribution in [3.8, 4) is 0 Å². The lowest BCUT2D eigenvalue weighted by Gasteiger charge is -2.46. The number of fused-ring (bicyclic) bond motifs is 2. The molecule has 3 nitrogen and oxygen atoms in total. The molecule has 22 heavy (non-hydrogen) atoms. The van der Waals surface area contributed by atoms with Crippen LogP contribution in [0.4, 0.5) is 5.69 Å². The largest absolute Gasteiger partial charge is 0.481 e. The quantitative estimate of drug-likeness (QED) is 0.915. The van der Waals surface area contributed by atoms with Crippen LogP contribution in [0.25, 0.3) is 5.57 Å². The zero-order valence-corrected chi connectivity index (χ0v) is 13.3. The Bertz CT molecular complexity index is 727. The summed E-state index contributed by atoms with van der Waals surface area (Å²) in [6.07, 6.45) is 7.18. The number of para-hydroxylation sites is 1. The van der Waals surface area contributed by atoms with Gasteiger partial charge in [0.2, 0.25) is 0 Å². The van der Waals surface area contributed by atoms with Crippen LogP contribution in [-0.2, 0) is 4.79 Å². The number of rotatable bonds is 3. The molecule has 1 aliphatic carbocycles. The van der Waals surface area contributed by atoms with Crippen LogP contribution in [0.3, 0.4) is 0 Å². The second-order valence-electron chi connectivity index (χ2n) is 6.21. The molecular weight excluding hydrogens is 274 g/mol. The zero-order valence-electron chi connectivity index (χ0n) is 13.3. The number of carboxylic acid groups (broad SMARTS) is 1. The van der Waals surface area contributed by atoms with E-state index >= 15 is 0 Å². The van der Waals surface area contributed by atoms with Crippen LogP contribution in [0.5, 0.6) is 0 Å². The Hall–Kier alpha value is -2.29. The molecule has 3 rings (SSSR count). The van der Waals surface area contributed by atoms with E-state index in [2.05, 4.69) is 68.3 Å². The maximum atomic E-state index is 10.8. The van der Waals surface area contributed by atoms with Gasteiger partial charge in [0.15, 0.2) is 0 Å². The Morgan fingerprint density at radius 2 is 2.05 bits per heavy atom. The number of nitrogens with zero attached hydrogens (tertiary/aromatic N) is 1. The van der Waals surface area contributed by atoms with Crippen LogP contribution >= 0.6 is 0 Å². The highest BCUT2D eigenvalue weighted by Crippen LogP contribution is 2.45. The number of likely N-dealkylation sites (N-methyl/N-ethyl adjacent to an activating group) is 1. The lowest BCUT2D eigenvalue weighted by atomic mass is 9.76. The number of anilines is 1. The molecule has 0 bridgehead atoms. The van der Waals surface area contributed by atoms with Gasteiger partial charge in [-0.3, -0.25) is 4.79 Å². The van der Waals surface area contributed by atoms with Gasteiger partial charge in [0, 0.05) is 24.7 Å². The van der Waals surface area contributed by atoms with E-state index in [4.69, 9.17) is 5.11 Å². The fourth-order valence-corrected chi connectivity index (χ4v) is 3.40. The third kappa shape index (κ3) is 2.17. The van der Waals surface area contributed by atoms with Crippen molar-refractivity contribution < 1.29 is 9.90 Å². The van der Waals surface area contributed by atoms with Crippen LogP contribution in [0, 0.1) is 0 Å². The van der Waals surface area contributed by atoms with Crippen molar-refractivity contribution in [2.75, 3.05) is 11.9 Å². The Kier molecular flexibility index (Phi) is 3.44. The molecule has 1 aromatic rings. The normalized spacial score (nSPS) is 23.0. The molecule has 2 aliphatic rings. The van der Waals surface area contributed by atoms with Crippen molar-refractivity contribution in [1.82, 2.24) is 0 Å². The molecule has 1 N–H and O–H groups in total. The molecule has 114 valence electrons. The highest BCUT2D eigenvalue weighted by Gasteiger charge is 2.38. The minimum absolute atomic E-state index is 0.172. The van der Waals surface area contributed by atoms with Crippen molar-refractivity contribution in [2.24, 2.45) is 0 Å². The van der Waals surface area contributed by atoms with Crippen molar-refractivity contribution in [3.05, 3.63) is 59.2 Å². The monoisotopic (exact) mass is 295 g/mol. The van der Waals surface area contributed by atoms with Gasteiger partial charge in [-0.25, -0.2) is 0 Å². The third-order valence-electron chi connectivity index (χ3n) is 4.89. The van der Waals surface area contributed by atoms with Gasteiger partial charge in [-0.15, -0.1) is 0 Å². The van der Waals surface area contributed by atoms with Crippen LogP contribution < -0.4 is 4.90 Å². The summed E-state index contributed by atoms with van der Waals surface area (Å²) in [5, 5.41) is 8.88.